The second-order valence-electron chi connectivity index (χ2n) is 8.57. The van der Waals surface area contributed by atoms with Crippen molar-refractivity contribution in [2.75, 3.05) is 32.7 Å². The summed E-state index contributed by atoms with van der Waals surface area (Å²) in [4.78, 5) is 26.0. The molecule has 0 spiro atoms. The summed E-state index contributed by atoms with van der Waals surface area (Å²) in [5.74, 6) is -0.826. The number of carbonyl (C=O) groups excluding carboxylic acids is 1. The fourth-order valence-corrected chi connectivity index (χ4v) is 4.23. The van der Waals surface area contributed by atoms with E-state index in [9.17, 15) is 19.7 Å². The number of likely N-dealkylation sites (tertiary alicyclic amines) is 1. The molecule has 3 aliphatic rings. The predicted molar refractivity (Wildman–Crippen MR) is 109 cm³/mol. The lowest BCUT2D eigenvalue weighted by Gasteiger charge is -2.42. The normalized spacial score (nSPS) is 24.6. The quantitative estimate of drug-likeness (QED) is 0.333. The Morgan fingerprint density at radius 2 is 2.17 bits per heavy atom. The zero-order chi connectivity index (χ0) is 21.6. The molecule has 1 saturated carbocycles. The van der Waals surface area contributed by atoms with Gasteiger partial charge in [0.25, 0.3) is 0 Å². The number of aromatic carboxylic acids is 1. The second kappa shape index (κ2) is 7.73. The van der Waals surface area contributed by atoms with E-state index in [0.717, 1.165) is 12.0 Å². The largest absolute Gasteiger partial charge is 0.535 e. The fraction of sp³-hybridized carbons (Fsp3) is 0.579. The zero-order valence-corrected chi connectivity index (χ0v) is 16.8. The predicted octanol–water partition coefficient (Wildman–Crippen LogP) is -1.03. The number of carboxylic acids is 1. The van der Waals surface area contributed by atoms with Crippen LogP contribution in [0.2, 0.25) is 5.82 Å². The Morgan fingerprint density at radius 1 is 1.43 bits per heavy atom. The van der Waals surface area contributed by atoms with Gasteiger partial charge in [0.1, 0.15) is 28.7 Å². The first-order chi connectivity index (χ1) is 14.2. The highest BCUT2D eigenvalue weighted by Crippen LogP contribution is 2.60. The molecule has 0 aromatic heterocycles. The van der Waals surface area contributed by atoms with Crippen LogP contribution in [-0.2, 0) is 4.79 Å². The van der Waals surface area contributed by atoms with Gasteiger partial charge in [0.15, 0.2) is 0 Å². The van der Waals surface area contributed by atoms with Gasteiger partial charge in [0.2, 0.25) is 5.91 Å². The lowest BCUT2D eigenvalue weighted by molar-refractivity contribution is -0.127. The van der Waals surface area contributed by atoms with Crippen LogP contribution < -0.4 is 26.2 Å². The van der Waals surface area contributed by atoms with Crippen LogP contribution in [0.25, 0.3) is 0 Å². The number of carboxylic acid groups (broad SMARTS) is 1. The molecule has 2 aliphatic heterocycles. The van der Waals surface area contributed by atoms with Crippen LogP contribution in [0.15, 0.2) is 12.1 Å². The molecule has 1 saturated heterocycles. The van der Waals surface area contributed by atoms with E-state index in [1.807, 2.05) is 11.0 Å². The molecule has 4 rings (SSSR count). The van der Waals surface area contributed by atoms with Crippen LogP contribution in [0, 0.1) is 0 Å². The molecule has 2 fully saturated rings. The van der Waals surface area contributed by atoms with E-state index in [-0.39, 0.29) is 40.8 Å². The number of fused-ring (bicyclic) bond motifs is 3. The van der Waals surface area contributed by atoms with E-state index in [1.165, 1.54) is 0 Å². The number of rotatable bonds is 8. The molecule has 1 aliphatic carbocycles. The van der Waals surface area contributed by atoms with Crippen molar-refractivity contribution in [3.05, 3.63) is 23.3 Å². The summed E-state index contributed by atoms with van der Waals surface area (Å²) in [6, 6.07) is 3.48. The molecule has 2 heterocycles. The third-order valence-corrected chi connectivity index (χ3v) is 5.93. The maximum atomic E-state index is 12.1. The Labute approximate surface area is 174 Å². The summed E-state index contributed by atoms with van der Waals surface area (Å²) in [5, 5.41) is 22.4. The van der Waals surface area contributed by atoms with Gasteiger partial charge in [-0.3, -0.25) is 9.69 Å². The number of carbonyl (C=O) groups is 2. The minimum Gasteiger partial charge on any atom is -0.535 e. The number of nitrogens with zero attached hydrogens (tertiary/aromatic N) is 1. The van der Waals surface area contributed by atoms with Gasteiger partial charge < -0.3 is 36.3 Å². The molecule has 1 aromatic rings. The summed E-state index contributed by atoms with van der Waals surface area (Å²) >= 11 is 0. The number of benzene rings is 1. The minimum atomic E-state index is -1.16. The monoisotopic (exact) mass is 418 g/mol. The van der Waals surface area contributed by atoms with Crippen molar-refractivity contribution >= 4 is 19.0 Å². The van der Waals surface area contributed by atoms with Crippen molar-refractivity contribution in [2.45, 2.75) is 36.7 Å². The van der Waals surface area contributed by atoms with Crippen molar-refractivity contribution in [1.82, 2.24) is 10.2 Å². The van der Waals surface area contributed by atoms with Crippen LogP contribution >= 0.6 is 0 Å². The van der Waals surface area contributed by atoms with E-state index >= 15 is 0 Å². The third-order valence-electron chi connectivity index (χ3n) is 5.93. The van der Waals surface area contributed by atoms with E-state index in [4.69, 9.17) is 20.9 Å². The minimum absolute atomic E-state index is 0.0405. The van der Waals surface area contributed by atoms with Crippen LogP contribution in [0.5, 0.6) is 11.5 Å². The first kappa shape index (κ1) is 20.9. The Morgan fingerprint density at radius 3 is 2.83 bits per heavy atom. The number of nitrogens with one attached hydrogen (secondary N) is 1. The lowest BCUT2D eigenvalue weighted by atomic mass is 9.77. The molecule has 11 heteroatoms. The Kier molecular flexibility index (Phi) is 5.39. The highest BCUT2D eigenvalue weighted by Gasteiger charge is 2.54. The van der Waals surface area contributed by atoms with Gasteiger partial charge in [-0.15, -0.1) is 0 Å². The molecule has 1 aromatic carbocycles. The van der Waals surface area contributed by atoms with Gasteiger partial charge in [-0.05, 0) is 30.9 Å². The number of ether oxygens (including phenoxy) is 1. The van der Waals surface area contributed by atoms with Gasteiger partial charge in [-0.25, -0.2) is 4.79 Å². The number of amides is 1. The van der Waals surface area contributed by atoms with Crippen molar-refractivity contribution in [1.29, 1.82) is 0 Å². The van der Waals surface area contributed by atoms with Crippen molar-refractivity contribution in [2.24, 2.45) is 11.5 Å². The maximum Gasteiger partial charge on any atom is 0.526 e. The number of nitrogens with two attached hydrogens (primary N) is 2. The van der Waals surface area contributed by atoms with Gasteiger partial charge in [-0.2, -0.15) is 0 Å². The first-order valence-corrected chi connectivity index (χ1v) is 10.1. The summed E-state index contributed by atoms with van der Waals surface area (Å²) in [6.07, 6.45) is 0.563. The maximum absolute atomic E-state index is 12.1. The van der Waals surface area contributed by atoms with Crippen molar-refractivity contribution in [3.63, 3.8) is 0 Å². The van der Waals surface area contributed by atoms with Crippen LogP contribution in [0.1, 0.15) is 35.2 Å². The van der Waals surface area contributed by atoms with Crippen LogP contribution in [0.3, 0.4) is 0 Å². The molecule has 0 bridgehead atoms. The SMILES string of the molecule is CC(N)(CN1CC(Oc2ccc3c(c2C(=O)O)OB(O)[C@@H]2C[C@H]32)C1)C(=O)NCCN. The molecule has 0 radical (unpaired) electrons. The first-order valence-electron chi connectivity index (χ1n) is 10.1. The average molecular weight is 418 g/mol. The third kappa shape index (κ3) is 3.85. The molecular formula is C19H27BN4O6. The highest BCUT2D eigenvalue weighted by molar-refractivity contribution is 6.48. The summed E-state index contributed by atoms with van der Waals surface area (Å²) in [7, 11) is -0.984. The summed E-state index contributed by atoms with van der Waals surface area (Å²) in [5.41, 5.74) is 11.2. The molecule has 10 nitrogen and oxygen atoms in total. The Hall–Kier alpha value is -2.34. The molecule has 1 amide bonds. The van der Waals surface area contributed by atoms with E-state index in [1.54, 1.807) is 13.0 Å². The summed E-state index contributed by atoms with van der Waals surface area (Å²) < 4.78 is 11.4. The molecule has 7 N–H and O–H groups in total. The van der Waals surface area contributed by atoms with Crippen LogP contribution in [-0.4, -0.2) is 78.4 Å². The average Bonchev–Trinajstić information content (AvgIpc) is 3.45. The topological polar surface area (TPSA) is 160 Å². The molecule has 1 unspecified atom stereocenters. The molecular weight excluding hydrogens is 391 g/mol. The fourth-order valence-electron chi connectivity index (χ4n) is 4.23. The van der Waals surface area contributed by atoms with Gasteiger partial charge >= 0.3 is 13.1 Å². The summed E-state index contributed by atoms with van der Waals surface area (Å²) in [6.45, 7) is 3.75. The molecule has 162 valence electrons. The standard InChI is InChI=1S/C19H27BN4O6/c1-19(22,18(27)23-5-4-21)9-24-7-10(8-24)29-14-3-2-11-12-6-13(12)20(28)30-16(11)15(14)17(25)26/h2-3,10,12-13,28H,4-9,21-22H2,1H3,(H,23,27)(H,25,26)/t12-,13-,19?/m1/s1. The molecule has 3 atom stereocenters. The number of hydrogen-bond donors (Lipinski definition) is 5. The van der Waals surface area contributed by atoms with Gasteiger partial charge in [0.05, 0.1) is 0 Å². The van der Waals surface area contributed by atoms with E-state index < -0.39 is 18.6 Å². The Bertz CT molecular complexity index is 860. The van der Waals surface area contributed by atoms with Gasteiger partial charge in [0, 0.05) is 38.5 Å². The highest BCUT2D eigenvalue weighted by atomic mass is 16.5. The van der Waals surface area contributed by atoms with Gasteiger partial charge in [-0.1, -0.05) is 6.07 Å². The number of hydrogen-bond acceptors (Lipinski definition) is 8. The van der Waals surface area contributed by atoms with Crippen LogP contribution in [0.4, 0.5) is 0 Å². The lowest BCUT2D eigenvalue weighted by Crippen LogP contribution is -2.64. The van der Waals surface area contributed by atoms with Crippen molar-refractivity contribution in [3.8, 4) is 11.5 Å². The molecule has 30 heavy (non-hydrogen) atoms. The van der Waals surface area contributed by atoms with E-state index in [2.05, 4.69) is 5.32 Å². The van der Waals surface area contributed by atoms with E-state index in [0.29, 0.717) is 32.7 Å². The zero-order valence-electron chi connectivity index (χ0n) is 16.8. The second-order valence-corrected chi connectivity index (χ2v) is 8.57. The smallest absolute Gasteiger partial charge is 0.526 e. The van der Waals surface area contributed by atoms with Crippen molar-refractivity contribution < 1.29 is 29.1 Å². The Balaban J connectivity index is 1.39.